The highest BCUT2D eigenvalue weighted by atomic mass is 16.5. The molecule has 0 saturated carbocycles. The topological polar surface area (TPSA) is 54.6 Å². The third kappa shape index (κ3) is 2.74. The molecular weight excluding hydrogens is 252 g/mol. The van der Waals surface area contributed by atoms with Gasteiger partial charge in [-0.15, -0.1) is 0 Å². The summed E-state index contributed by atoms with van der Waals surface area (Å²) >= 11 is 0. The molecule has 3 rings (SSSR count). The molecule has 1 atom stereocenters. The van der Waals surface area contributed by atoms with Crippen LogP contribution in [0.25, 0.3) is 0 Å². The summed E-state index contributed by atoms with van der Waals surface area (Å²) in [5, 5.41) is 0. The third-order valence-electron chi connectivity index (χ3n) is 4.52. The smallest absolute Gasteiger partial charge is 0.171 e. The van der Waals surface area contributed by atoms with Crippen molar-refractivity contribution >= 4 is 5.82 Å². The minimum absolute atomic E-state index is 0.402. The first-order valence-corrected chi connectivity index (χ1v) is 7.51. The minimum Gasteiger partial charge on any atom is -0.493 e. The molecule has 2 aliphatic rings. The number of ether oxygens (including phenoxy) is 1. The van der Waals surface area contributed by atoms with Gasteiger partial charge in [0.1, 0.15) is 0 Å². The first-order valence-electron chi connectivity index (χ1n) is 7.51. The van der Waals surface area contributed by atoms with Crippen LogP contribution in [-0.2, 0) is 0 Å². The van der Waals surface area contributed by atoms with Crippen molar-refractivity contribution in [3.63, 3.8) is 0 Å². The van der Waals surface area contributed by atoms with E-state index < -0.39 is 0 Å². The average molecular weight is 276 g/mol. The number of pyridine rings is 1. The van der Waals surface area contributed by atoms with Crippen molar-refractivity contribution in [3.8, 4) is 5.75 Å². The van der Waals surface area contributed by atoms with E-state index in [9.17, 15) is 0 Å². The Morgan fingerprint density at radius 3 is 2.80 bits per heavy atom. The Kier molecular flexibility index (Phi) is 4.08. The predicted molar refractivity (Wildman–Crippen MR) is 80.2 cm³/mol. The standard InChI is InChI=1S/C15H24N4O/c1-20-14-3-2-7-17-15(14)19-10-6-13(11-19)18-8-4-12(16)5-9-18/h2-3,7,12-13H,4-6,8-11,16H2,1H3. The molecule has 2 saturated heterocycles. The Hall–Kier alpha value is -1.33. The van der Waals surface area contributed by atoms with Gasteiger partial charge in [0.25, 0.3) is 0 Å². The van der Waals surface area contributed by atoms with Gasteiger partial charge in [0.2, 0.25) is 0 Å². The van der Waals surface area contributed by atoms with Crippen molar-refractivity contribution in [1.29, 1.82) is 0 Å². The number of nitrogens with zero attached hydrogens (tertiary/aromatic N) is 3. The molecule has 2 N–H and O–H groups in total. The minimum atomic E-state index is 0.402. The van der Waals surface area contributed by atoms with Gasteiger partial charge < -0.3 is 15.4 Å². The summed E-state index contributed by atoms with van der Waals surface area (Å²) in [7, 11) is 1.71. The Labute approximate surface area is 120 Å². The normalized spacial score (nSPS) is 25.1. The molecule has 0 aliphatic carbocycles. The van der Waals surface area contributed by atoms with Gasteiger partial charge in [0, 0.05) is 31.4 Å². The van der Waals surface area contributed by atoms with Crippen molar-refractivity contribution in [2.75, 3.05) is 38.2 Å². The number of hydrogen-bond acceptors (Lipinski definition) is 5. The molecule has 2 fully saturated rings. The van der Waals surface area contributed by atoms with Crippen molar-refractivity contribution in [3.05, 3.63) is 18.3 Å². The van der Waals surface area contributed by atoms with E-state index in [0.29, 0.717) is 12.1 Å². The van der Waals surface area contributed by atoms with E-state index in [0.717, 1.165) is 50.6 Å². The van der Waals surface area contributed by atoms with Gasteiger partial charge in [-0.2, -0.15) is 0 Å². The van der Waals surface area contributed by atoms with Crippen molar-refractivity contribution in [2.45, 2.75) is 31.3 Å². The van der Waals surface area contributed by atoms with Crippen LogP contribution in [0.1, 0.15) is 19.3 Å². The second-order valence-corrected chi connectivity index (χ2v) is 5.79. The number of hydrogen-bond donors (Lipinski definition) is 1. The maximum Gasteiger partial charge on any atom is 0.171 e. The molecule has 0 spiro atoms. The molecule has 0 amide bonds. The van der Waals surface area contributed by atoms with Crippen LogP contribution in [0.4, 0.5) is 5.82 Å². The molecule has 1 unspecified atom stereocenters. The quantitative estimate of drug-likeness (QED) is 0.895. The van der Waals surface area contributed by atoms with Crippen LogP contribution < -0.4 is 15.4 Å². The molecule has 5 heteroatoms. The lowest BCUT2D eigenvalue weighted by molar-refractivity contribution is 0.163. The van der Waals surface area contributed by atoms with Crippen molar-refractivity contribution < 1.29 is 4.74 Å². The molecule has 2 aliphatic heterocycles. The fourth-order valence-electron chi connectivity index (χ4n) is 3.30. The van der Waals surface area contributed by atoms with E-state index in [2.05, 4.69) is 14.8 Å². The zero-order valence-corrected chi connectivity index (χ0v) is 12.2. The van der Waals surface area contributed by atoms with Crippen LogP contribution in [0.3, 0.4) is 0 Å². The van der Waals surface area contributed by atoms with Gasteiger partial charge in [0.05, 0.1) is 7.11 Å². The molecule has 20 heavy (non-hydrogen) atoms. The Morgan fingerprint density at radius 2 is 2.05 bits per heavy atom. The summed E-state index contributed by atoms with van der Waals surface area (Å²) in [5.41, 5.74) is 5.99. The van der Waals surface area contributed by atoms with Crippen molar-refractivity contribution in [2.24, 2.45) is 5.73 Å². The zero-order valence-electron chi connectivity index (χ0n) is 12.2. The van der Waals surface area contributed by atoms with Crippen LogP contribution >= 0.6 is 0 Å². The van der Waals surface area contributed by atoms with Gasteiger partial charge in [-0.1, -0.05) is 0 Å². The summed E-state index contributed by atoms with van der Waals surface area (Å²) in [5.74, 6) is 1.85. The summed E-state index contributed by atoms with van der Waals surface area (Å²) < 4.78 is 5.42. The molecule has 0 bridgehead atoms. The zero-order chi connectivity index (χ0) is 13.9. The fraction of sp³-hybridized carbons (Fsp3) is 0.667. The van der Waals surface area contributed by atoms with E-state index in [1.807, 2.05) is 18.3 Å². The maximum absolute atomic E-state index is 5.99. The SMILES string of the molecule is COc1cccnc1N1CCC(N2CCC(N)CC2)C1. The molecule has 5 nitrogen and oxygen atoms in total. The Bertz CT molecular complexity index is 445. The fourth-order valence-corrected chi connectivity index (χ4v) is 3.30. The maximum atomic E-state index is 5.99. The highest BCUT2D eigenvalue weighted by Crippen LogP contribution is 2.29. The second kappa shape index (κ2) is 5.97. The van der Waals surface area contributed by atoms with E-state index in [4.69, 9.17) is 10.5 Å². The van der Waals surface area contributed by atoms with Crippen LogP contribution in [0.5, 0.6) is 5.75 Å². The first kappa shape index (κ1) is 13.6. The number of methoxy groups -OCH3 is 1. The highest BCUT2D eigenvalue weighted by Gasteiger charge is 2.31. The van der Waals surface area contributed by atoms with Crippen LogP contribution in [0.2, 0.25) is 0 Å². The van der Waals surface area contributed by atoms with Gasteiger partial charge in [0.15, 0.2) is 11.6 Å². The van der Waals surface area contributed by atoms with E-state index in [-0.39, 0.29) is 0 Å². The van der Waals surface area contributed by atoms with Gasteiger partial charge in [-0.3, -0.25) is 4.90 Å². The largest absolute Gasteiger partial charge is 0.493 e. The van der Waals surface area contributed by atoms with E-state index in [1.54, 1.807) is 7.11 Å². The lowest BCUT2D eigenvalue weighted by atomic mass is 10.0. The summed E-state index contributed by atoms with van der Waals surface area (Å²) in [4.78, 5) is 9.43. The monoisotopic (exact) mass is 276 g/mol. The molecule has 1 aromatic rings. The molecule has 1 aromatic heterocycles. The predicted octanol–water partition coefficient (Wildman–Crippen LogP) is 1.09. The molecule has 3 heterocycles. The number of aromatic nitrogens is 1. The third-order valence-corrected chi connectivity index (χ3v) is 4.52. The number of piperidine rings is 1. The Balaban J connectivity index is 1.64. The second-order valence-electron chi connectivity index (χ2n) is 5.79. The van der Waals surface area contributed by atoms with Crippen LogP contribution in [0, 0.1) is 0 Å². The summed E-state index contributed by atoms with van der Waals surface area (Å²) in [6.07, 6.45) is 5.30. The number of nitrogens with two attached hydrogens (primary N) is 1. The number of rotatable bonds is 3. The van der Waals surface area contributed by atoms with Gasteiger partial charge in [-0.25, -0.2) is 4.98 Å². The van der Waals surface area contributed by atoms with Gasteiger partial charge in [-0.05, 0) is 44.5 Å². The summed E-state index contributed by atoms with van der Waals surface area (Å²) in [6.45, 7) is 4.38. The van der Waals surface area contributed by atoms with E-state index >= 15 is 0 Å². The summed E-state index contributed by atoms with van der Waals surface area (Å²) in [6, 6.07) is 4.94. The molecular formula is C15H24N4O. The number of anilines is 1. The van der Waals surface area contributed by atoms with Crippen molar-refractivity contribution in [1.82, 2.24) is 9.88 Å². The first-order chi connectivity index (χ1) is 9.78. The highest BCUT2D eigenvalue weighted by molar-refractivity contribution is 5.52. The molecule has 110 valence electrons. The molecule has 0 radical (unpaired) electrons. The lowest BCUT2D eigenvalue weighted by Gasteiger charge is -2.34. The van der Waals surface area contributed by atoms with Crippen LogP contribution in [0.15, 0.2) is 18.3 Å². The van der Waals surface area contributed by atoms with E-state index in [1.165, 1.54) is 6.42 Å². The lowest BCUT2D eigenvalue weighted by Crippen LogP contribution is -2.46. The molecule has 0 aromatic carbocycles. The number of likely N-dealkylation sites (tertiary alicyclic amines) is 1. The van der Waals surface area contributed by atoms with Gasteiger partial charge >= 0.3 is 0 Å². The Morgan fingerprint density at radius 1 is 1.25 bits per heavy atom. The van der Waals surface area contributed by atoms with Crippen LogP contribution in [-0.4, -0.2) is 55.3 Å². The average Bonchev–Trinajstić information content (AvgIpc) is 2.97.